The second-order valence-electron chi connectivity index (χ2n) is 1.98. The molecule has 0 aromatic heterocycles. The summed E-state index contributed by atoms with van der Waals surface area (Å²) in [4.78, 5) is 10.7. The summed E-state index contributed by atoms with van der Waals surface area (Å²) in [5, 5.41) is 0. The van der Waals surface area contributed by atoms with Crippen molar-refractivity contribution in [1.29, 1.82) is 0 Å². The molecule has 0 spiro atoms. The molecule has 0 rings (SSSR count). The summed E-state index contributed by atoms with van der Waals surface area (Å²) in [6, 6.07) is 0. The maximum absolute atomic E-state index is 10.7. The summed E-state index contributed by atoms with van der Waals surface area (Å²) in [6.07, 6.45) is 3.30. The first-order valence-corrected chi connectivity index (χ1v) is 4.32. The number of hydrogen-bond donors (Lipinski definition) is 0. The third kappa shape index (κ3) is 3.68. The molecule has 0 aromatic carbocycles. The van der Waals surface area contributed by atoms with E-state index in [1.807, 2.05) is 6.92 Å². The molecule has 0 heterocycles. The van der Waals surface area contributed by atoms with Crippen molar-refractivity contribution in [3.63, 3.8) is 0 Å². The van der Waals surface area contributed by atoms with Gasteiger partial charge in [-0.3, -0.25) is 0 Å². The standard InChI is InChI=1S/C8H9O.W/c1-4-7(2)5-6-8(3)9;/h1,4-5H,2-3H3;/q-1;. The predicted molar refractivity (Wildman–Crippen MR) is 38.3 cm³/mol. The molecule has 0 bridgehead atoms. The molecule has 0 aromatic rings. The van der Waals surface area contributed by atoms with E-state index in [1.54, 1.807) is 13.0 Å². The molecular formula is C8H9OW-. The van der Waals surface area contributed by atoms with E-state index in [0.717, 1.165) is 9.47 Å². The van der Waals surface area contributed by atoms with Crippen molar-refractivity contribution in [3.05, 3.63) is 24.3 Å². The molecule has 0 aliphatic rings. The van der Waals surface area contributed by atoms with E-state index in [2.05, 4.69) is 0 Å². The molecule has 0 fully saturated rings. The van der Waals surface area contributed by atoms with Crippen LogP contribution in [0.5, 0.6) is 0 Å². The van der Waals surface area contributed by atoms with Crippen LogP contribution in [0.4, 0.5) is 0 Å². The van der Waals surface area contributed by atoms with Gasteiger partial charge in [0.1, 0.15) is 0 Å². The summed E-state index contributed by atoms with van der Waals surface area (Å²) < 4.78 is 0.819. The summed E-state index contributed by atoms with van der Waals surface area (Å²) in [5.74, 6) is 0.121. The van der Waals surface area contributed by atoms with Crippen LogP contribution in [0.3, 0.4) is 0 Å². The van der Waals surface area contributed by atoms with E-state index in [4.69, 9.17) is 6.58 Å². The Morgan fingerprint density at radius 3 is 2.30 bits per heavy atom. The molecule has 0 aliphatic heterocycles. The van der Waals surface area contributed by atoms with Gasteiger partial charge in [0, 0.05) is 0 Å². The molecule has 0 saturated heterocycles. The third-order valence-corrected chi connectivity index (χ3v) is 2.42. The number of allylic oxidation sites excluding steroid dienone is 3. The van der Waals surface area contributed by atoms with E-state index in [-0.39, 0.29) is 5.78 Å². The zero-order chi connectivity index (χ0) is 8.15. The van der Waals surface area contributed by atoms with Crippen LogP contribution < -0.4 is 0 Å². The topological polar surface area (TPSA) is 17.1 Å². The van der Waals surface area contributed by atoms with Gasteiger partial charge in [0.15, 0.2) is 0 Å². The number of Topliss-reactive ketones (excluding diaryl/α,β-unsaturated/α-hetero) is 1. The van der Waals surface area contributed by atoms with E-state index < -0.39 is 0 Å². The van der Waals surface area contributed by atoms with Crippen molar-refractivity contribution in [1.82, 2.24) is 0 Å². The van der Waals surface area contributed by atoms with Gasteiger partial charge in [-0.1, -0.05) is 0 Å². The zero-order valence-electron chi connectivity index (χ0n) is 6.05. The first-order chi connectivity index (χ1) is 4.57. The third-order valence-electron chi connectivity index (χ3n) is 0.969. The summed E-state index contributed by atoms with van der Waals surface area (Å²) in [5.41, 5.74) is 0.931. The maximum atomic E-state index is 10.7. The van der Waals surface area contributed by atoms with Gasteiger partial charge in [-0.05, 0) is 0 Å². The molecule has 0 amide bonds. The van der Waals surface area contributed by atoms with Crippen molar-refractivity contribution in [2.24, 2.45) is 0 Å². The van der Waals surface area contributed by atoms with Crippen molar-refractivity contribution in [2.45, 2.75) is 13.8 Å². The molecule has 0 unspecified atom stereocenters. The van der Waals surface area contributed by atoms with Crippen LogP contribution in [0, 0.1) is 6.58 Å². The number of hydrogen-bond acceptors (Lipinski definition) is 1. The second kappa shape index (κ2) is 4.51. The molecule has 1 nitrogen and oxygen atoms in total. The Bertz CT molecular complexity index is 201. The van der Waals surface area contributed by atoms with Crippen LogP contribution in [0.15, 0.2) is 17.7 Å². The minimum atomic E-state index is 0.121. The second-order valence-corrected chi connectivity index (χ2v) is 3.56. The molecule has 0 radical (unpaired) electrons. The van der Waals surface area contributed by atoms with Gasteiger partial charge >= 0.3 is 72.0 Å². The Morgan fingerprint density at radius 2 is 2.00 bits per heavy atom. The minimum absolute atomic E-state index is 0.121. The Kier molecular flexibility index (Phi) is 4.38. The number of ketones is 1. The van der Waals surface area contributed by atoms with Crippen LogP contribution in [0.2, 0.25) is 0 Å². The molecule has 54 valence electrons. The van der Waals surface area contributed by atoms with Gasteiger partial charge in [-0.25, -0.2) is 0 Å². The van der Waals surface area contributed by atoms with Gasteiger partial charge in [-0.2, -0.15) is 0 Å². The quantitative estimate of drug-likeness (QED) is 0.566. The Morgan fingerprint density at radius 1 is 1.50 bits per heavy atom. The first kappa shape index (κ1) is 9.71. The van der Waals surface area contributed by atoms with Gasteiger partial charge in [-0.15, -0.1) is 0 Å². The number of carbonyl (C=O) groups excluding carboxylic acids is 1. The molecule has 0 N–H and O–H groups in total. The monoisotopic (exact) mass is 305 g/mol. The Labute approximate surface area is 72.2 Å². The van der Waals surface area contributed by atoms with Crippen LogP contribution in [-0.2, 0) is 24.1 Å². The normalized spacial score (nSPS) is 10.8. The Balaban J connectivity index is 4.27. The van der Waals surface area contributed by atoms with E-state index in [1.165, 1.54) is 25.4 Å². The van der Waals surface area contributed by atoms with E-state index in [0.29, 0.717) is 0 Å². The SMILES string of the molecule is [CH-]=CC(C)=C[C](=[W])C(C)=O. The molecular weight excluding hydrogens is 296 g/mol. The van der Waals surface area contributed by atoms with Crippen LogP contribution in [0.25, 0.3) is 0 Å². The van der Waals surface area contributed by atoms with Crippen LogP contribution in [-0.4, -0.2) is 9.68 Å². The number of carbonyl (C=O) groups is 1. The summed E-state index contributed by atoms with van der Waals surface area (Å²) in [7, 11) is 0. The number of rotatable bonds is 3. The van der Waals surface area contributed by atoms with Gasteiger partial charge in [0.05, 0.1) is 0 Å². The molecule has 2 heteroatoms. The van der Waals surface area contributed by atoms with Crippen molar-refractivity contribution in [2.75, 3.05) is 0 Å². The summed E-state index contributed by atoms with van der Waals surface area (Å²) in [6.45, 7) is 8.64. The summed E-state index contributed by atoms with van der Waals surface area (Å²) >= 11 is 1.18. The van der Waals surface area contributed by atoms with Crippen molar-refractivity contribution in [3.8, 4) is 0 Å². The fourth-order valence-corrected chi connectivity index (χ4v) is 1.02. The van der Waals surface area contributed by atoms with Crippen molar-refractivity contribution < 1.29 is 24.1 Å². The predicted octanol–water partition coefficient (Wildman–Crippen LogP) is 1.23. The first-order valence-electron chi connectivity index (χ1n) is 2.86. The van der Waals surface area contributed by atoms with E-state index >= 15 is 0 Å². The molecule has 10 heavy (non-hydrogen) atoms. The van der Waals surface area contributed by atoms with Gasteiger partial charge in [0.25, 0.3) is 0 Å². The fourth-order valence-electron chi connectivity index (χ4n) is 0.357. The van der Waals surface area contributed by atoms with Crippen LogP contribution in [0.1, 0.15) is 13.8 Å². The van der Waals surface area contributed by atoms with E-state index in [9.17, 15) is 4.79 Å². The van der Waals surface area contributed by atoms with Gasteiger partial charge in [0.2, 0.25) is 0 Å². The molecule has 0 aliphatic carbocycles. The fraction of sp³-hybridized carbons (Fsp3) is 0.250. The zero-order valence-corrected chi connectivity index (χ0v) is 8.98. The molecule has 0 atom stereocenters. The van der Waals surface area contributed by atoms with Crippen molar-refractivity contribution >= 4 is 9.68 Å². The van der Waals surface area contributed by atoms with Crippen LogP contribution >= 0.6 is 0 Å². The molecule has 0 saturated carbocycles. The van der Waals surface area contributed by atoms with Gasteiger partial charge < -0.3 is 0 Å². The average molecular weight is 305 g/mol. The average Bonchev–Trinajstić information content (AvgIpc) is 1.87. The Hall–Kier alpha value is -0.292.